The van der Waals surface area contributed by atoms with Crippen LogP contribution in [0.3, 0.4) is 0 Å². The molecule has 0 saturated heterocycles. The topological polar surface area (TPSA) is 0 Å². The van der Waals surface area contributed by atoms with E-state index in [0.717, 1.165) is 5.92 Å². The zero-order valence-electron chi connectivity index (χ0n) is 7.42. The van der Waals surface area contributed by atoms with Crippen molar-refractivity contribution in [2.75, 3.05) is 0 Å². The Bertz CT molecular complexity index is 173. The molecule has 0 aromatic heterocycles. The monoisotopic (exact) mass is 150 g/mol. The minimum atomic E-state index is 1.06. The molecule has 5 unspecified atom stereocenters. The first-order chi connectivity index (χ1) is 5.34. The molecule has 0 radical (unpaired) electrons. The zero-order chi connectivity index (χ0) is 7.42. The van der Waals surface area contributed by atoms with Crippen LogP contribution in [0.1, 0.15) is 39.0 Å². The van der Waals surface area contributed by atoms with E-state index in [4.69, 9.17) is 0 Å². The van der Waals surface area contributed by atoms with E-state index in [0.29, 0.717) is 0 Å². The van der Waals surface area contributed by atoms with Gasteiger partial charge < -0.3 is 0 Å². The average molecular weight is 150 g/mol. The summed E-state index contributed by atoms with van der Waals surface area (Å²) in [6, 6.07) is 0. The number of hydrogen-bond donors (Lipinski definition) is 0. The highest BCUT2D eigenvalue weighted by Crippen LogP contribution is 2.59. The summed E-state index contributed by atoms with van der Waals surface area (Å²) in [4.78, 5) is 0. The van der Waals surface area contributed by atoms with Crippen molar-refractivity contribution >= 4 is 0 Å². The average Bonchev–Trinajstić information content (AvgIpc) is 2.31. The minimum absolute atomic E-state index is 1.06. The van der Waals surface area contributed by atoms with E-state index in [-0.39, 0.29) is 0 Å². The lowest BCUT2D eigenvalue weighted by atomic mass is 9.72. The van der Waals surface area contributed by atoms with Gasteiger partial charge in [0.05, 0.1) is 0 Å². The number of rotatable bonds is 0. The molecule has 0 aromatic rings. The Hall–Kier alpha value is 0. The Kier molecular flexibility index (Phi) is 1.20. The fourth-order valence-corrected chi connectivity index (χ4v) is 4.08. The Labute approximate surface area is 69.4 Å². The van der Waals surface area contributed by atoms with Crippen LogP contribution in [0.5, 0.6) is 0 Å². The molecule has 0 spiro atoms. The first-order valence-corrected chi connectivity index (χ1v) is 5.34. The van der Waals surface area contributed by atoms with Gasteiger partial charge in [-0.3, -0.25) is 0 Å². The second-order valence-electron chi connectivity index (χ2n) is 5.24. The fraction of sp³-hybridized carbons (Fsp3) is 1.00. The Morgan fingerprint density at radius 2 is 1.73 bits per heavy atom. The summed E-state index contributed by atoms with van der Waals surface area (Å²) in [5.74, 6) is 5.81. The van der Waals surface area contributed by atoms with Crippen LogP contribution in [-0.4, -0.2) is 0 Å². The summed E-state index contributed by atoms with van der Waals surface area (Å²) in [7, 11) is 0. The highest BCUT2D eigenvalue weighted by atomic mass is 14.6. The van der Waals surface area contributed by atoms with E-state index in [9.17, 15) is 0 Å². The third kappa shape index (κ3) is 0.761. The van der Waals surface area contributed by atoms with Gasteiger partial charge in [-0.1, -0.05) is 6.92 Å². The van der Waals surface area contributed by atoms with E-state index < -0.39 is 0 Å². The lowest BCUT2D eigenvalue weighted by Crippen LogP contribution is -2.24. The molecule has 3 aliphatic rings. The minimum Gasteiger partial charge on any atom is -0.0625 e. The predicted octanol–water partition coefficient (Wildman–Crippen LogP) is 3.08. The van der Waals surface area contributed by atoms with Crippen LogP contribution in [0, 0.1) is 29.6 Å². The largest absolute Gasteiger partial charge is 0.0625 e. The van der Waals surface area contributed by atoms with Gasteiger partial charge >= 0.3 is 0 Å². The molecule has 11 heavy (non-hydrogen) atoms. The molecule has 0 aromatic carbocycles. The quantitative estimate of drug-likeness (QED) is 0.498. The van der Waals surface area contributed by atoms with Crippen molar-refractivity contribution in [1.82, 2.24) is 0 Å². The lowest BCUT2D eigenvalue weighted by Gasteiger charge is -2.34. The van der Waals surface area contributed by atoms with Gasteiger partial charge in [0.15, 0.2) is 0 Å². The Morgan fingerprint density at radius 1 is 0.818 bits per heavy atom. The maximum absolute atomic E-state index is 2.45. The van der Waals surface area contributed by atoms with Crippen molar-refractivity contribution in [2.24, 2.45) is 29.6 Å². The molecular weight excluding hydrogens is 132 g/mol. The van der Waals surface area contributed by atoms with Gasteiger partial charge in [-0.25, -0.2) is 0 Å². The molecule has 62 valence electrons. The van der Waals surface area contributed by atoms with Crippen LogP contribution in [0.25, 0.3) is 0 Å². The van der Waals surface area contributed by atoms with E-state index in [1.54, 1.807) is 32.1 Å². The highest BCUT2D eigenvalue weighted by Gasteiger charge is 2.50. The van der Waals surface area contributed by atoms with Crippen LogP contribution < -0.4 is 0 Å². The molecule has 0 heteroatoms. The fourth-order valence-electron chi connectivity index (χ4n) is 4.08. The van der Waals surface area contributed by atoms with Crippen molar-refractivity contribution in [3.8, 4) is 0 Å². The second kappa shape index (κ2) is 2.02. The van der Waals surface area contributed by atoms with Gasteiger partial charge in [-0.2, -0.15) is 0 Å². The number of fused-ring (bicyclic) bond motifs is 3. The summed E-state index contributed by atoms with van der Waals surface area (Å²) < 4.78 is 0. The Morgan fingerprint density at radius 3 is 2.45 bits per heavy atom. The van der Waals surface area contributed by atoms with Crippen LogP contribution in [0.2, 0.25) is 0 Å². The van der Waals surface area contributed by atoms with Crippen molar-refractivity contribution in [3.05, 3.63) is 0 Å². The van der Waals surface area contributed by atoms with Gasteiger partial charge in [-0.05, 0) is 61.7 Å². The molecule has 0 nitrogen and oxygen atoms in total. The molecule has 0 bridgehead atoms. The van der Waals surface area contributed by atoms with E-state index in [1.807, 2.05) is 0 Å². The van der Waals surface area contributed by atoms with Gasteiger partial charge in [0.2, 0.25) is 0 Å². The van der Waals surface area contributed by atoms with Gasteiger partial charge in [0.1, 0.15) is 0 Å². The molecule has 0 N–H and O–H groups in total. The maximum atomic E-state index is 2.45. The molecule has 3 aliphatic carbocycles. The molecule has 5 atom stereocenters. The molecule has 0 heterocycles. The van der Waals surface area contributed by atoms with E-state index in [1.165, 1.54) is 23.7 Å². The van der Waals surface area contributed by atoms with Gasteiger partial charge in [0, 0.05) is 0 Å². The molecular formula is C11H18. The summed E-state index contributed by atoms with van der Waals surface area (Å²) in [5, 5.41) is 0. The standard InChI is InChI=1S/C11H18/c1-7-4-9-6-8-2-3-10(8)11(9)5-7/h7-11H,2-6H2,1H3. The zero-order valence-corrected chi connectivity index (χ0v) is 7.42. The predicted molar refractivity (Wildman–Crippen MR) is 46.2 cm³/mol. The summed E-state index contributed by atoms with van der Waals surface area (Å²) >= 11 is 0. The van der Waals surface area contributed by atoms with Gasteiger partial charge in [0.25, 0.3) is 0 Å². The third-order valence-electron chi connectivity index (χ3n) is 4.62. The van der Waals surface area contributed by atoms with Crippen LogP contribution >= 0.6 is 0 Å². The van der Waals surface area contributed by atoms with Crippen molar-refractivity contribution in [3.63, 3.8) is 0 Å². The highest BCUT2D eigenvalue weighted by molar-refractivity contribution is 5.00. The summed E-state index contributed by atoms with van der Waals surface area (Å²) in [6.45, 7) is 2.45. The van der Waals surface area contributed by atoms with Crippen molar-refractivity contribution in [1.29, 1.82) is 0 Å². The first kappa shape index (κ1) is 6.51. The lowest BCUT2D eigenvalue weighted by molar-refractivity contribution is 0.163. The van der Waals surface area contributed by atoms with Crippen molar-refractivity contribution in [2.45, 2.75) is 39.0 Å². The smallest absolute Gasteiger partial charge is 0.0352 e. The van der Waals surface area contributed by atoms with Gasteiger partial charge in [-0.15, -0.1) is 0 Å². The molecule has 0 aliphatic heterocycles. The van der Waals surface area contributed by atoms with Crippen LogP contribution in [0.4, 0.5) is 0 Å². The maximum Gasteiger partial charge on any atom is -0.0352 e. The summed E-state index contributed by atoms with van der Waals surface area (Å²) in [5.41, 5.74) is 0. The third-order valence-corrected chi connectivity index (χ3v) is 4.62. The molecule has 3 rings (SSSR count). The SMILES string of the molecule is CC1CC2CC3CCC3C2C1. The molecule has 3 saturated carbocycles. The first-order valence-electron chi connectivity index (χ1n) is 5.34. The normalized spacial score (nSPS) is 60.3. The second-order valence-corrected chi connectivity index (χ2v) is 5.24. The molecule has 0 amide bonds. The van der Waals surface area contributed by atoms with Crippen molar-refractivity contribution < 1.29 is 0 Å². The summed E-state index contributed by atoms with van der Waals surface area (Å²) in [6.07, 6.45) is 7.91. The van der Waals surface area contributed by atoms with E-state index >= 15 is 0 Å². The van der Waals surface area contributed by atoms with Crippen LogP contribution in [0.15, 0.2) is 0 Å². The number of hydrogen-bond acceptors (Lipinski definition) is 0. The van der Waals surface area contributed by atoms with Crippen LogP contribution in [-0.2, 0) is 0 Å². The van der Waals surface area contributed by atoms with E-state index in [2.05, 4.69) is 6.92 Å². The molecule has 3 fully saturated rings. The Balaban J connectivity index is 1.80.